The Labute approximate surface area is 210 Å². The van der Waals surface area contributed by atoms with Gasteiger partial charge in [0.2, 0.25) is 5.91 Å². The molecule has 0 spiro atoms. The second-order valence-electron chi connectivity index (χ2n) is 7.42. The van der Waals surface area contributed by atoms with Gasteiger partial charge in [0, 0.05) is 5.69 Å². The molecule has 10 heteroatoms. The molecule has 1 atom stereocenters. The van der Waals surface area contributed by atoms with E-state index in [1.807, 2.05) is 13.8 Å². The minimum atomic E-state index is -0.532. The summed E-state index contributed by atoms with van der Waals surface area (Å²) >= 11 is 4.28. The lowest BCUT2D eigenvalue weighted by atomic mass is 10.1. The van der Waals surface area contributed by atoms with Gasteiger partial charge in [-0.3, -0.25) is 19.3 Å². The number of carbonyl (C=O) groups excluding carboxylic acids is 3. The van der Waals surface area contributed by atoms with E-state index in [0.29, 0.717) is 33.0 Å². The fourth-order valence-corrected chi connectivity index (χ4v) is 4.42. The zero-order valence-corrected chi connectivity index (χ0v) is 21.6. The van der Waals surface area contributed by atoms with Crippen molar-refractivity contribution in [1.82, 2.24) is 4.90 Å². The van der Waals surface area contributed by atoms with E-state index in [1.54, 1.807) is 49.6 Å². The smallest absolute Gasteiger partial charge is 0.294 e. The van der Waals surface area contributed by atoms with Gasteiger partial charge in [-0.05, 0) is 89.1 Å². The molecule has 1 saturated heterocycles. The van der Waals surface area contributed by atoms with Crippen molar-refractivity contribution in [2.24, 2.45) is 0 Å². The normalized spacial score (nSPS) is 15.4. The van der Waals surface area contributed by atoms with Gasteiger partial charge in [0.1, 0.15) is 12.3 Å². The molecule has 1 aliphatic heterocycles. The van der Waals surface area contributed by atoms with E-state index in [4.69, 9.17) is 14.2 Å². The summed E-state index contributed by atoms with van der Waals surface area (Å²) in [5.41, 5.74) is 1.18. The number of halogens is 1. The molecule has 1 fully saturated rings. The van der Waals surface area contributed by atoms with Gasteiger partial charge in [-0.25, -0.2) is 0 Å². The summed E-state index contributed by atoms with van der Waals surface area (Å²) < 4.78 is 17.1. The number of anilines is 1. The first-order valence-corrected chi connectivity index (χ1v) is 12.1. The Morgan fingerprint density at radius 2 is 1.88 bits per heavy atom. The van der Waals surface area contributed by atoms with Crippen LogP contribution in [0.2, 0.25) is 0 Å². The van der Waals surface area contributed by atoms with Gasteiger partial charge in [-0.2, -0.15) is 0 Å². The number of nitrogens with one attached hydrogen (secondary N) is 1. The van der Waals surface area contributed by atoms with Crippen molar-refractivity contribution in [2.45, 2.75) is 26.4 Å². The molecule has 3 rings (SSSR count). The predicted octanol–water partition coefficient (Wildman–Crippen LogP) is 5.32. The molecule has 1 aliphatic rings. The molecule has 8 nitrogen and oxygen atoms in total. The predicted molar refractivity (Wildman–Crippen MR) is 135 cm³/mol. The van der Waals surface area contributed by atoms with Crippen LogP contribution in [0.1, 0.15) is 25.8 Å². The van der Waals surface area contributed by atoms with Crippen LogP contribution in [-0.4, -0.2) is 48.8 Å². The molecule has 0 radical (unpaired) electrons. The Kier molecular flexibility index (Phi) is 8.62. The highest BCUT2D eigenvalue weighted by Gasteiger charge is 2.36. The molecule has 2 aromatic carbocycles. The summed E-state index contributed by atoms with van der Waals surface area (Å²) in [6.07, 6.45) is 2.42. The zero-order chi connectivity index (χ0) is 24.8. The summed E-state index contributed by atoms with van der Waals surface area (Å²) in [7, 11) is 3.08. The van der Waals surface area contributed by atoms with Crippen LogP contribution in [0, 0.1) is 0 Å². The van der Waals surface area contributed by atoms with Crippen LogP contribution in [-0.2, 0) is 9.59 Å². The van der Waals surface area contributed by atoms with Gasteiger partial charge in [-0.1, -0.05) is 6.92 Å². The molecule has 0 aliphatic carbocycles. The van der Waals surface area contributed by atoms with Crippen LogP contribution >= 0.6 is 27.7 Å². The SMILES string of the molecule is CC[C@@H](C)Oc1c(Br)cc(/C=C2/SC(=O)N(CC(=O)Nc3ccc(OC)cc3)C2=O)cc1OC. The Morgan fingerprint density at radius 3 is 2.50 bits per heavy atom. The van der Waals surface area contributed by atoms with Crippen LogP contribution in [0.25, 0.3) is 6.08 Å². The fourth-order valence-electron chi connectivity index (χ4n) is 3.03. The number of benzene rings is 2. The number of rotatable bonds is 9. The van der Waals surface area contributed by atoms with Crippen LogP contribution in [0.3, 0.4) is 0 Å². The summed E-state index contributed by atoms with van der Waals surface area (Å²) in [6, 6.07) is 10.3. The molecule has 0 saturated carbocycles. The monoisotopic (exact) mass is 548 g/mol. The highest BCUT2D eigenvalue weighted by Crippen LogP contribution is 2.39. The topological polar surface area (TPSA) is 94.2 Å². The fraction of sp³-hybridized carbons (Fsp3) is 0.292. The number of hydrogen-bond donors (Lipinski definition) is 1. The van der Waals surface area contributed by atoms with Gasteiger partial charge >= 0.3 is 0 Å². The molecule has 0 unspecified atom stereocenters. The van der Waals surface area contributed by atoms with Crippen LogP contribution in [0.15, 0.2) is 45.8 Å². The third-order valence-corrected chi connectivity index (χ3v) is 6.49. The molecule has 0 aromatic heterocycles. The average molecular weight is 549 g/mol. The van der Waals surface area contributed by atoms with Crippen molar-refractivity contribution in [2.75, 3.05) is 26.1 Å². The molecular formula is C24H25BrN2O6S. The van der Waals surface area contributed by atoms with E-state index in [-0.39, 0.29) is 17.6 Å². The van der Waals surface area contributed by atoms with Crippen molar-refractivity contribution in [3.8, 4) is 17.2 Å². The number of amides is 3. The van der Waals surface area contributed by atoms with Gasteiger partial charge in [0.05, 0.1) is 29.7 Å². The third kappa shape index (κ3) is 6.12. The lowest BCUT2D eigenvalue weighted by molar-refractivity contribution is -0.127. The molecule has 1 N–H and O–H groups in total. The summed E-state index contributed by atoms with van der Waals surface area (Å²) in [5, 5.41) is 2.16. The minimum absolute atomic E-state index is 0.00314. The summed E-state index contributed by atoms with van der Waals surface area (Å²) in [4.78, 5) is 38.8. The largest absolute Gasteiger partial charge is 0.497 e. The second-order valence-corrected chi connectivity index (χ2v) is 9.26. The van der Waals surface area contributed by atoms with Crippen molar-refractivity contribution in [1.29, 1.82) is 0 Å². The minimum Gasteiger partial charge on any atom is -0.497 e. The number of imide groups is 1. The van der Waals surface area contributed by atoms with E-state index in [1.165, 1.54) is 7.11 Å². The van der Waals surface area contributed by atoms with Gasteiger partial charge in [0.15, 0.2) is 11.5 Å². The van der Waals surface area contributed by atoms with Crippen LogP contribution in [0.4, 0.5) is 10.5 Å². The van der Waals surface area contributed by atoms with Gasteiger partial charge < -0.3 is 19.5 Å². The van der Waals surface area contributed by atoms with E-state index in [9.17, 15) is 14.4 Å². The van der Waals surface area contributed by atoms with Crippen LogP contribution in [0.5, 0.6) is 17.2 Å². The maximum absolute atomic E-state index is 12.8. The number of hydrogen-bond acceptors (Lipinski definition) is 7. The third-order valence-electron chi connectivity index (χ3n) is 4.99. The molecule has 3 amide bonds. The first kappa shape index (κ1) is 25.6. The lowest BCUT2D eigenvalue weighted by Gasteiger charge is -2.17. The van der Waals surface area contributed by atoms with Crippen molar-refractivity contribution in [3.63, 3.8) is 0 Å². The van der Waals surface area contributed by atoms with E-state index >= 15 is 0 Å². The van der Waals surface area contributed by atoms with E-state index in [2.05, 4.69) is 21.2 Å². The molecule has 34 heavy (non-hydrogen) atoms. The Morgan fingerprint density at radius 1 is 1.18 bits per heavy atom. The number of carbonyl (C=O) groups is 3. The standard InChI is InChI=1S/C24H25BrN2O6S/c1-5-14(2)33-22-18(25)10-15(11-19(22)32-4)12-20-23(29)27(24(30)34-20)13-21(28)26-16-6-8-17(31-3)9-7-16/h6-12,14H,5,13H2,1-4H3,(H,26,28)/b20-12+/t14-/m1/s1. The van der Waals surface area contributed by atoms with E-state index < -0.39 is 17.1 Å². The van der Waals surface area contributed by atoms with E-state index in [0.717, 1.165) is 23.1 Å². The van der Waals surface area contributed by atoms with Gasteiger partial charge in [-0.15, -0.1) is 0 Å². The first-order chi connectivity index (χ1) is 16.2. The number of nitrogens with zero attached hydrogens (tertiary/aromatic N) is 1. The quantitative estimate of drug-likeness (QED) is 0.424. The Hall–Kier alpha value is -2.98. The first-order valence-electron chi connectivity index (χ1n) is 10.5. The summed E-state index contributed by atoms with van der Waals surface area (Å²) in [6.45, 7) is 3.59. The van der Waals surface area contributed by atoms with Crippen molar-refractivity contribution in [3.05, 3.63) is 51.3 Å². The van der Waals surface area contributed by atoms with Crippen molar-refractivity contribution >= 4 is 56.5 Å². The average Bonchev–Trinajstić information content (AvgIpc) is 3.08. The van der Waals surface area contributed by atoms with Crippen LogP contribution < -0.4 is 19.5 Å². The Bertz CT molecular complexity index is 1120. The maximum Gasteiger partial charge on any atom is 0.294 e. The lowest BCUT2D eigenvalue weighted by Crippen LogP contribution is -2.36. The molecular weight excluding hydrogens is 524 g/mol. The van der Waals surface area contributed by atoms with Crippen molar-refractivity contribution < 1.29 is 28.6 Å². The number of thioether (sulfide) groups is 1. The zero-order valence-electron chi connectivity index (χ0n) is 19.2. The summed E-state index contributed by atoms with van der Waals surface area (Å²) in [5.74, 6) is 0.702. The maximum atomic E-state index is 12.8. The molecule has 2 aromatic rings. The number of ether oxygens (including phenoxy) is 3. The molecule has 0 bridgehead atoms. The highest BCUT2D eigenvalue weighted by atomic mass is 79.9. The Balaban J connectivity index is 1.73. The highest BCUT2D eigenvalue weighted by molar-refractivity contribution is 9.10. The molecule has 1 heterocycles. The van der Waals surface area contributed by atoms with Gasteiger partial charge in [0.25, 0.3) is 11.1 Å². The second kappa shape index (κ2) is 11.4. The number of methoxy groups -OCH3 is 2. The molecule has 180 valence electrons.